The van der Waals surface area contributed by atoms with Crippen molar-refractivity contribution < 1.29 is 9.47 Å². The lowest BCUT2D eigenvalue weighted by atomic mass is 9.93. The summed E-state index contributed by atoms with van der Waals surface area (Å²) < 4.78 is 11.6. The summed E-state index contributed by atoms with van der Waals surface area (Å²) in [6.07, 6.45) is 2.21. The first kappa shape index (κ1) is 9.44. The van der Waals surface area contributed by atoms with Crippen molar-refractivity contribution in [2.45, 2.75) is 38.1 Å². The van der Waals surface area contributed by atoms with Gasteiger partial charge in [-0.15, -0.1) is 0 Å². The van der Waals surface area contributed by atoms with E-state index in [1.54, 1.807) is 0 Å². The highest BCUT2D eigenvalue weighted by Gasteiger charge is 2.46. The Labute approximate surface area is 80.0 Å². The smallest absolute Gasteiger partial charge is 0.163 e. The molecular weight excluding hydrogens is 166 g/mol. The molecule has 0 amide bonds. The van der Waals surface area contributed by atoms with Gasteiger partial charge in [0, 0.05) is 13.1 Å². The number of nitrogens with zero attached hydrogens (tertiary/aromatic N) is 1. The number of likely N-dealkylation sites (tertiary alicyclic amines) is 1. The zero-order chi connectivity index (χ0) is 9.53. The molecule has 2 aliphatic rings. The fourth-order valence-corrected chi connectivity index (χ4v) is 2.16. The molecule has 0 radical (unpaired) electrons. The first-order valence-electron chi connectivity index (χ1n) is 5.04. The topological polar surface area (TPSA) is 21.7 Å². The van der Waals surface area contributed by atoms with E-state index in [1.807, 2.05) is 13.8 Å². The molecule has 0 N–H and O–H groups in total. The highest BCUT2D eigenvalue weighted by atomic mass is 16.8. The van der Waals surface area contributed by atoms with Crippen molar-refractivity contribution >= 4 is 0 Å². The Morgan fingerprint density at radius 3 is 2.23 bits per heavy atom. The van der Waals surface area contributed by atoms with Crippen LogP contribution in [0.5, 0.6) is 0 Å². The van der Waals surface area contributed by atoms with E-state index in [1.165, 1.54) is 0 Å². The molecule has 0 aromatic carbocycles. The summed E-state index contributed by atoms with van der Waals surface area (Å²) in [6, 6.07) is 0. The second kappa shape index (κ2) is 2.94. The molecule has 0 bridgehead atoms. The van der Waals surface area contributed by atoms with Crippen molar-refractivity contribution in [3.05, 3.63) is 0 Å². The Morgan fingerprint density at radius 2 is 1.77 bits per heavy atom. The predicted molar refractivity (Wildman–Crippen MR) is 50.6 cm³/mol. The number of ether oxygens (including phenoxy) is 2. The fraction of sp³-hybridized carbons (Fsp3) is 1.00. The molecule has 13 heavy (non-hydrogen) atoms. The Kier molecular flexibility index (Phi) is 2.13. The molecule has 0 saturated carbocycles. The Balaban J connectivity index is 2.00. The number of piperidine rings is 1. The van der Waals surface area contributed by atoms with Crippen LogP contribution < -0.4 is 0 Å². The Bertz CT molecular complexity index is 195. The van der Waals surface area contributed by atoms with Crippen LogP contribution in [0.15, 0.2) is 0 Å². The van der Waals surface area contributed by atoms with Gasteiger partial charge in [-0.2, -0.15) is 0 Å². The summed E-state index contributed by atoms with van der Waals surface area (Å²) in [6.45, 7) is 7.02. The minimum absolute atomic E-state index is 0.0238. The molecule has 0 unspecified atom stereocenters. The third kappa shape index (κ3) is 1.87. The van der Waals surface area contributed by atoms with Crippen molar-refractivity contribution in [1.29, 1.82) is 0 Å². The van der Waals surface area contributed by atoms with Crippen LogP contribution in [0.25, 0.3) is 0 Å². The third-order valence-corrected chi connectivity index (χ3v) is 3.04. The molecule has 0 aromatic rings. The van der Waals surface area contributed by atoms with Gasteiger partial charge < -0.3 is 14.4 Å². The van der Waals surface area contributed by atoms with Crippen LogP contribution >= 0.6 is 0 Å². The van der Waals surface area contributed by atoms with Crippen molar-refractivity contribution in [1.82, 2.24) is 4.90 Å². The van der Waals surface area contributed by atoms with Gasteiger partial charge in [0.2, 0.25) is 0 Å². The molecular formula is C10H19NO2. The molecule has 0 aromatic heterocycles. The second-order valence-corrected chi connectivity index (χ2v) is 4.78. The van der Waals surface area contributed by atoms with Crippen LogP contribution in [-0.2, 0) is 9.47 Å². The average Bonchev–Trinajstić information content (AvgIpc) is 2.35. The molecule has 3 heteroatoms. The number of hydrogen-bond donors (Lipinski definition) is 0. The van der Waals surface area contributed by atoms with Crippen molar-refractivity contribution in [3.8, 4) is 0 Å². The summed E-state index contributed by atoms with van der Waals surface area (Å²) >= 11 is 0. The number of hydrogen-bond acceptors (Lipinski definition) is 3. The minimum Gasteiger partial charge on any atom is -0.347 e. The van der Waals surface area contributed by atoms with Gasteiger partial charge in [0.25, 0.3) is 0 Å². The van der Waals surface area contributed by atoms with E-state index in [0.717, 1.165) is 32.5 Å². The maximum Gasteiger partial charge on any atom is 0.163 e. The molecule has 0 aliphatic carbocycles. The van der Waals surface area contributed by atoms with Crippen molar-refractivity contribution in [2.24, 2.45) is 0 Å². The van der Waals surface area contributed by atoms with Crippen molar-refractivity contribution in [3.63, 3.8) is 0 Å². The zero-order valence-electron chi connectivity index (χ0n) is 8.80. The Hall–Kier alpha value is -0.120. The van der Waals surface area contributed by atoms with E-state index in [2.05, 4.69) is 11.9 Å². The molecule has 0 atom stereocenters. The molecule has 3 nitrogen and oxygen atoms in total. The number of rotatable bonds is 0. The van der Waals surface area contributed by atoms with Gasteiger partial charge in [0.05, 0.1) is 12.2 Å². The van der Waals surface area contributed by atoms with E-state index in [9.17, 15) is 0 Å². The van der Waals surface area contributed by atoms with E-state index in [-0.39, 0.29) is 11.4 Å². The van der Waals surface area contributed by atoms with Crippen LogP contribution in [-0.4, -0.2) is 43.0 Å². The van der Waals surface area contributed by atoms with E-state index in [4.69, 9.17) is 9.47 Å². The lowest BCUT2D eigenvalue weighted by molar-refractivity contribution is -0.169. The molecule has 2 saturated heterocycles. The van der Waals surface area contributed by atoms with Crippen LogP contribution in [0.1, 0.15) is 26.7 Å². The summed E-state index contributed by atoms with van der Waals surface area (Å²) in [7, 11) is 2.16. The SMILES string of the molecule is CN1CCC2(CC1)COC(C)(C)O2. The second-order valence-electron chi connectivity index (χ2n) is 4.78. The lowest BCUT2D eigenvalue weighted by Crippen LogP contribution is -2.45. The molecule has 1 spiro atoms. The highest BCUT2D eigenvalue weighted by Crippen LogP contribution is 2.37. The van der Waals surface area contributed by atoms with Gasteiger partial charge >= 0.3 is 0 Å². The maximum atomic E-state index is 5.98. The summed E-state index contributed by atoms with van der Waals surface area (Å²) in [5, 5.41) is 0. The zero-order valence-corrected chi connectivity index (χ0v) is 8.80. The van der Waals surface area contributed by atoms with Gasteiger partial charge in [-0.1, -0.05) is 0 Å². The molecule has 2 heterocycles. The monoisotopic (exact) mass is 185 g/mol. The van der Waals surface area contributed by atoms with E-state index in [0.29, 0.717) is 0 Å². The maximum absolute atomic E-state index is 5.98. The van der Waals surface area contributed by atoms with Crippen molar-refractivity contribution in [2.75, 3.05) is 26.7 Å². The van der Waals surface area contributed by atoms with E-state index >= 15 is 0 Å². The van der Waals surface area contributed by atoms with Crippen LogP contribution in [0.4, 0.5) is 0 Å². The fourth-order valence-electron chi connectivity index (χ4n) is 2.16. The van der Waals surface area contributed by atoms with Crippen LogP contribution in [0.2, 0.25) is 0 Å². The van der Waals surface area contributed by atoms with Gasteiger partial charge in [-0.25, -0.2) is 0 Å². The van der Waals surface area contributed by atoms with Gasteiger partial charge in [0.1, 0.15) is 0 Å². The van der Waals surface area contributed by atoms with Gasteiger partial charge in [-0.3, -0.25) is 0 Å². The quantitative estimate of drug-likeness (QED) is 0.566. The minimum atomic E-state index is -0.365. The normalized spacial score (nSPS) is 32.5. The van der Waals surface area contributed by atoms with Crippen LogP contribution in [0.3, 0.4) is 0 Å². The first-order valence-corrected chi connectivity index (χ1v) is 5.04. The Morgan fingerprint density at radius 1 is 1.15 bits per heavy atom. The molecule has 2 aliphatic heterocycles. The first-order chi connectivity index (χ1) is 6.02. The van der Waals surface area contributed by atoms with Gasteiger partial charge in [-0.05, 0) is 33.7 Å². The predicted octanol–water partition coefficient (Wildman–Crippen LogP) is 1.23. The molecule has 2 fully saturated rings. The molecule has 76 valence electrons. The standard InChI is InChI=1S/C10H19NO2/c1-9(2)12-8-10(13-9)4-6-11(3)7-5-10/h4-8H2,1-3H3. The van der Waals surface area contributed by atoms with Gasteiger partial charge in [0.15, 0.2) is 5.79 Å². The summed E-state index contributed by atoms with van der Waals surface area (Å²) in [4.78, 5) is 2.35. The summed E-state index contributed by atoms with van der Waals surface area (Å²) in [5.74, 6) is -0.365. The van der Waals surface area contributed by atoms with Crippen LogP contribution in [0, 0.1) is 0 Å². The highest BCUT2D eigenvalue weighted by molar-refractivity contribution is 4.92. The average molecular weight is 185 g/mol. The summed E-state index contributed by atoms with van der Waals surface area (Å²) in [5.41, 5.74) is 0.0238. The third-order valence-electron chi connectivity index (χ3n) is 3.04. The largest absolute Gasteiger partial charge is 0.347 e. The lowest BCUT2D eigenvalue weighted by Gasteiger charge is -2.36. The van der Waals surface area contributed by atoms with E-state index < -0.39 is 0 Å². The molecule has 2 rings (SSSR count).